The molecule has 108 valence electrons. The van der Waals surface area contributed by atoms with Crippen molar-refractivity contribution < 1.29 is 13.9 Å². The maximum Gasteiger partial charge on any atom is 0.251 e. The van der Waals surface area contributed by atoms with Gasteiger partial charge in [0.25, 0.3) is 5.91 Å². The highest BCUT2D eigenvalue weighted by molar-refractivity contribution is 5.95. The van der Waals surface area contributed by atoms with Crippen molar-refractivity contribution in [3.63, 3.8) is 0 Å². The number of ether oxygens (including phenoxy) is 1. The van der Waals surface area contributed by atoms with E-state index >= 15 is 0 Å². The summed E-state index contributed by atoms with van der Waals surface area (Å²) in [4.78, 5) is 12.2. The average molecular weight is 285 g/mol. The van der Waals surface area contributed by atoms with E-state index in [1.165, 1.54) is 24.3 Å². The Morgan fingerprint density at radius 1 is 1.10 bits per heavy atom. The first-order valence-corrected chi connectivity index (χ1v) is 6.86. The van der Waals surface area contributed by atoms with Gasteiger partial charge in [0, 0.05) is 5.56 Å². The van der Waals surface area contributed by atoms with Crippen molar-refractivity contribution in [3.05, 3.63) is 65.5 Å². The fraction of sp³-hybridized carbons (Fsp3) is 0.235. The van der Waals surface area contributed by atoms with Gasteiger partial charge in [-0.25, -0.2) is 4.39 Å². The lowest BCUT2D eigenvalue weighted by atomic mass is 10.0. The van der Waals surface area contributed by atoms with Crippen LogP contribution >= 0.6 is 0 Å². The van der Waals surface area contributed by atoms with Crippen LogP contribution in [0.5, 0.6) is 5.75 Å². The average Bonchev–Trinajstić information content (AvgIpc) is 3.29. The van der Waals surface area contributed by atoms with Crippen LogP contribution in [0.4, 0.5) is 4.39 Å². The van der Waals surface area contributed by atoms with E-state index in [1.54, 1.807) is 7.11 Å². The molecule has 0 radical (unpaired) electrons. The minimum absolute atomic E-state index is 0.177. The topological polar surface area (TPSA) is 38.3 Å². The predicted molar refractivity (Wildman–Crippen MR) is 77.8 cm³/mol. The molecule has 0 bridgehead atoms. The highest BCUT2D eigenvalue weighted by Crippen LogP contribution is 2.46. The third-order valence-corrected chi connectivity index (χ3v) is 3.85. The minimum Gasteiger partial charge on any atom is -0.497 e. The predicted octanol–water partition coefficient (Wildman–Crippen LogP) is 3.25. The SMILES string of the molecule is COc1ccc(C2(NC(=O)c3ccc(F)cc3)CC2)cc1. The lowest BCUT2D eigenvalue weighted by Gasteiger charge is -2.18. The van der Waals surface area contributed by atoms with Gasteiger partial charge in [-0.1, -0.05) is 12.1 Å². The molecule has 0 aromatic heterocycles. The van der Waals surface area contributed by atoms with Crippen LogP contribution in [0.15, 0.2) is 48.5 Å². The van der Waals surface area contributed by atoms with Crippen LogP contribution in [0, 0.1) is 5.82 Å². The number of methoxy groups -OCH3 is 1. The zero-order valence-electron chi connectivity index (χ0n) is 11.7. The molecule has 0 spiro atoms. The molecule has 0 atom stereocenters. The summed E-state index contributed by atoms with van der Waals surface area (Å²) in [5, 5.41) is 3.05. The summed E-state index contributed by atoms with van der Waals surface area (Å²) < 4.78 is 18.0. The second kappa shape index (κ2) is 5.20. The summed E-state index contributed by atoms with van der Waals surface area (Å²) in [5.74, 6) is 0.269. The number of carbonyl (C=O) groups excluding carboxylic acids is 1. The van der Waals surface area contributed by atoms with Crippen LogP contribution in [-0.2, 0) is 5.54 Å². The Hall–Kier alpha value is -2.36. The van der Waals surface area contributed by atoms with E-state index in [-0.39, 0.29) is 17.3 Å². The molecule has 1 aliphatic rings. The number of rotatable bonds is 4. The van der Waals surface area contributed by atoms with Crippen molar-refractivity contribution in [2.75, 3.05) is 7.11 Å². The number of benzene rings is 2. The molecule has 2 aromatic rings. The molecular formula is C17H16FNO2. The first-order valence-electron chi connectivity index (χ1n) is 6.86. The molecule has 4 heteroatoms. The van der Waals surface area contributed by atoms with E-state index in [2.05, 4.69) is 5.32 Å². The van der Waals surface area contributed by atoms with Crippen LogP contribution in [-0.4, -0.2) is 13.0 Å². The van der Waals surface area contributed by atoms with Crippen molar-refractivity contribution in [2.45, 2.75) is 18.4 Å². The fourth-order valence-electron chi connectivity index (χ4n) is 2.41. The third-order valence-electron chi connectivity index (χ3n) is 3.85. The van der Waals surface area contributed by atoms with Crippen molar-refractivity contribution in [1.82, 2.24) is 5.32 Å². The Labute approximate surface area is 122 Å². The quantitative estimate of drug-likeness (QED) is 0.936. The molecule has 0 saturated heterocycles. The molecule has 1 saturated carbocycles. The highest BCUT2D eigenvalue weighted by atomic mass is 19.1. The first-order chi connectivity index (χ1) is 10.1. The van der Waals surface area contributed by atoms with Gasteiger partial charge in [0.2, 0.25) is 0 Å². The van der Waals surface area contributed by atoms with Crippen molar-refractivity contribution in [3.8, 4) is 5.75 Å². The van der Waals surface area contributed by atoms with E-state index in [0.717, 1.165) is 24.2 Å². The van der Waals surface area contributed by atoms with Gasteiger partial charge in [-0.2, -0.15) is 0 Å². The van der Waals surface area contributed by atoms with E-state index in [4.69, 9.17) is 4.74 Å². The van der Waals surface area contributed by atoms with Gasteiger partial charge in [0.15, 0.2) is 0 Å². The second-order valence-electron chi connectivity index (χ2n) is 5.27. The summed E-state index contributed by atoms with van der Waals surface area (Å²) >= 11 is 0. The van der Waals surface area contributed by atoms with Crippen LogP contribution in [0.1, 0.15) is 28.8 Å². The van der Waals surface area contributed by atoms with E-state index in [0.29, 0.717) is 5.56 Å². The van der Waals surface area contributed by atoms with Crippen molar-refractivity contribution in [2.24, 2.45) is 0 Å². The number of carbonyl (C=O) groups is 1. The minimum atomic E-state index is -0.345. The van der Waals surface area contributed by atoms with Gasteiger partial charge in [-0.3, -0.25) is 4.79 Å². The lowest BCUT2D eigenvalue weighted by Crippen LogP contribution is -2.34. The molecule has 21 heavy (non-hydrogen) atoms. The molecule has 2 aromatic carbocycles. The molecule has 0 aliphatic heterocycles. The molecule has 3 rings (SSSR count). The molecule has 1 amide bonds. The number of hydrogen-bond donors (Lipinski definition) is 1. The number of nitrogens with one attached hydrogen (secondary N) is 1. The Morgan fingerprint density at radius 3 is 2.24 bits per heavy atom. The lowest BCUT2D eigenvalue weighted by molar-refractivity contribution is 0.0931. The molecule has 0 heterocycles. The van der Waals surface area contributed by atoms with E-state index in [1.807, 2.05) is 24.3 Å². The molecule has 1 aliphatic carbocycles. The van der Waals surface area contributed by atoms with Crippen LogP contribution in [0.25, 0.3) is 0 Å². The number of amides is 1. The Morgan fingerprint density at radius 2 is 1.71 bits per heavy atom. The van der Waals surface area contributed by atoms with Gasteiger partial charge in [-0.15, -0.1) is 0 Å². The number of halogens is 1. The zero-order valence-corrected chi connectivity index (χ0v) is 11.7. The smallest absolute Gasteiger partial charge is 0.251 e. The molecule has 3 nitrogen and oxygen atoms in total. The summed E-state index contributed by atoms with van der Waals surface area (Å²) in [7, 11) is 1.62. The fourth-order valence-corrected chi connectivity index (χ4v) is 2.41. The zero-order chi connectivity index (χ0) is 14.9. The molecule has 0 unspecified atom stereocenters. The monoisotopic (exact) mass is 285 g/mol. The van der Waals surface area contributed by atoms with Crippen LogP contribution in [0.2, 0.25) is 0 Å². The summed E-state index contributed by atoms with van der Waals surface area (Å²) in [6.45, 7) is 0. The first kappa shape index (κ1) is 13.6. The van der Waals surface area contributed by atoms with Gasteiger partial charge >= 0.3 is 0 Å². The van der Waals surface area contributed by atoms with Gasteiger partial charge in [0.05, 0.1) is 12.6 Å². The summed E-state index contributed by atoms with van der Waals surface area (Å²) in [6.07, 6.45) is 1.82. The highest BCUT2D eigenvalue weighted by Gasteiger charge is 2.45. The maximum absolute atomic E-state index is 12.9. The molecule has 1 fully saturated rings. The Bertz CT molecular complexity index is 645. The second-order valence-corrected chi connectivity index (χ2v) is 5.27. The summed E-state index contributed by atoms with van der Waals surface area (Å²) in [5.41, 5.74) is 1.24. The van der Waals surface area contributed by atoms with Gasteiger partial charge in [-0.05, 0) is 54.8 Å². The Kier molecular flexibility index (Phi) is 3.37. The molecular weight excluding hydrogens is 269 g/mol. The van der Waals surface area contributed by atoms with Gasteiger partial charge < -0.3 is 10.1 Å². The normalized spacial score (nSPS) is 15.3. The Balaban J connectivity index is 1.76. The number of hydrogen-bond acceptors (Lipinski definition) is 2. The van der Waals surface area contributed by atoms with Crippen molar-refractivity contribution in [1.29, 1.82) is 0 Å². The van der Waals surface area contributed by atoms with E-state index in [9.17, 15) is 9.18 Å². The summed E-state index contributed by atoms with van der Waals surface area (Å²) in [6, 6.07) is 13.3. The third kappa shape index (κ3) is 2.75. The largest absolute Gasteiger partial charge is 0.497 e. The van der Waals surface area contributed by atoms with Crippen molar-refractivity contribution >= 4 is 5.91 Å². The molecule has 1 N–H and O–H groups in total. The maximum atomic E-state index is 12.9. The van der Waals surface area contributed by atoms with E-state index < -0.39 is 0 Å². The van der Waals surface area contributed by atoms with Crippen LogP contribution < -0.4 is 10.1 Å². The standard InChI is InChI=1S/C17H16FNO2/c1-21-15-8-4-13(5-9-15)17(10-11-17)19-16(20)12-2-6-14(18)7-3-12/h2-9H,10-11H2,1H3,(H,19,20). The van der Waals surface area contributed by atoms with Crippen LogP contribution in [0.3, 0.4) is 0 Å². The van der Waals surface area contributed by atoms with Gasteiger partial charge in [0.1, 0.15) is 11.6 Å².